The van der Waals surface area contributed by atoms with Gasteiger partial charge in [0, 0.05) is 0 Å². The molecule has 0 aliphatic heterocycles. The molecule has 1 radical (unpaired) electrons. The van der Waals surface area contributed by atoms with Crippen LogP contribution in [0.1, 0.15) is 0 Å². The van der Waals surface area contributed by atoms with Crippen LogP contribution in [-0.4, -0.2) is 0 Å². The van der Waals surface area contributed by atoms with E-state index in [0.717, 1.165) is 0 Å². The van der Waals surface area contributed by atoms with E-state index in [1.165, 1.54) is 43.1 Å². The fourth-order valence-corrected chi connectivity index (χ4v) is 3.41. The zero-order valence-corrected chi connectivity index (χ0v) is 10.9. The van der Waals surface area contributed by atoms with Gasteiger partial charge >= 0.3 is 0 Å². The number of benzene rings is 5. The molecular weight excluding hydrogens is 240 g/mol. The Balaban J connectivity index is 2.23. The van der Waals surface area contributed by atoms with Gasteiger partial charge in [0.2, 0.25) is 0 Å². The molecule has 0 fully saturated rings. The highest BCUT2D eigenvalue weighted by Gasteiger charge is 2.10. The topological polar surface area (TPSA) is 0 Å². The quantitative estimate of drug-likeness (QED) is 0.250. The lowest BCUT2D eigenvalue weighted by atomic mass is 9.91. The Morgan fingerprint density at radius 2 is 1.50 bits per heavy atom. The van der Waals surface area contributed by atoms with Gasteiger partial charge in [-0.1, -0.05) is 60.7 Å². The van der Waals surface area contributed by atoms with Gasteiger partial charge in [-0.3, -0.25) is 0 Å². The van der Waals surface area contributed by atoms with Gasteiger partial charge in [0.15, 0.2) is 0 Å². The van der Waals surface area contributed by atoms with Crippen molar-refractivity contribution in [1.29, 1.82) is 0 Å². The normalized spacial score (nSPS) is 12.0. The molecule has 0 aliphatic rings. The molecule has 5 aromatic carbocycles. The van der Waals surface area contributed by atoms with Crippen LogP contribution in [0.3, 0.4) is 0 Å². The lowest BCUT2D eigenvalue weighted by Crippen LogP contribution is -1.85. The molecule has 0 saturated carbocycles. The van der Waals surface area contributed by atoms with Gasteiger partial charge in [-0.15, -0.1) is 0 Å². The summed E-state index contributed by atoms with van der Waals surface area (Å²) in [6, 6.07) is 27.3. The lowest BCUT2D eigenvalue weighted by Gasteiger charge is -2.12. The van der Waals surface area contributed by atoms with Crippen molar-refractivity contribution < 1.29 is 0 Å². The average Bonchev–Trinajstić information content (AvgIpc) is 2.52. The Morgan fingerprint density at radius 1 is 0.600 bits per heavy atom. The highest BCUT2D eigenvalue weighted by atomic mass is 14.1. The predicted molar refractivity (Wildman–Crippen MR) is 86.5 cm³/mol. The van der Waals surface area contributed by atoms with E-state index in [-0.39, 0.29) is 0 Å². The summed E-state index contributed by atoms with van der Waals surface area (Å²) in [5.41, 5.74) is 0. The average molecular weight is 251 g/mol. The SMILES string of the molecule is [c]1ccc2ccc3cc4ccccc4c4ccc1c2c34. The lowest BCUT2D eigenvalue weighted by molar-refractivity contribution is 1.78. The summed E-state index contributed by atoms with van der Waals surface area (Å²) < 4.78 is 0. The molecule has 5 aromatic rings. The third-order valence-electron chi connectivity index (χ3n) is 4.29. The minimum atomic E-state index is 1.20. The zero-order chi connectivity index (χ0) is 13.1. The number of hydrogen-bond donors (Lipinski definition) is 0. The summed E-state index contributed by atoms with van der Waals surface area (Å²) in [7, 11) is 0. The molecule has 0 unspecified atom stereocenters. The van der Waals surface area contributed by atoms with E-state index >= 15 is 0 Å². The fourth-order valence-electron chi connectivity index (χ4n) is 3.41. The van der Waals surface area contributed by atoms with Gasteiger partial charge in [-0.05, 0) is 55.2 Å². The molecule has 0 nitrogen and oxygen atoms in total. The standard InChI is InChI=1S/C20H11/c1-2-7-17-15(4-1)12-16-9-8-13-5-3-6-14-10-11-18(17)20(16)19(13)14/h1-5,7-12H. The van der Waals surface area contributed by atoms with Crippen LogP contribution in [0.2, 0.25) is 0 Å². The molecule has 0 bridgehead atoms. The Morgan fingerprint density at radius 3 is 2.50 bits per heavy atom. The van der Waals surface area contributed by atoms with Gasteiger partial charge in [0.1, 0.15) is 0 Å². The molecule has 0 atom stereocenters. The van der Waals surface area contributed by atoms with Gasteiger partial charge in [0.05, 0.1) is 0 Å². The van der Waals surface area contributed by atoms with E-state index in [9.17, 15) is 0 Å². The maximum Gasteiger partial charge on any atom is -0.00201 e. The van der Waals surface area contributed by atoms with Gasteiger partial charge in [-0.25, -0.2) is 0 Å². The molecule has 0 aliphatic carbocycles. The molecular formula is C20H11. The first-order valence-corrected chi connectivity index (χ1v) is 6.89. The maximum absolute atomic E-state index is 3.36. The first-order valence-electron chi connectivity index (χ1n) is 6.89. The van der Waals surface area contributed by atoms with Crippen LogP contribution in [0, 0.1) is 6.07 Å². The Labute approximate surface area is 116 Å². The summed E-state index contributed by atoms with van der Waals surface area (Å²) in [4.78, 5) is 0. The fraction of sp³-hybridized carbons (Fsp3) is 0. The van der Waals surface area contributed by atoms with Crippen LogP contribution < -0.4 is 0 Å². The second kappa shape index (κ2) is 3.49. The summed E-state index contributed by atoms with van der Waals surface area (Å²) in [5, 5.41) is 10.5. The summed E-state index contributed by atoms with van der Waals surface area (Å²) in [6.07, 6.45) is 0. The largest absolute Gasteiger partial charge is 0.0616 e. The second-order valence-corrected chi connectivity index (χ2v) is 5.36. The monoisotopic (exact) mass is 251 g/mol. The molecule has 0 heterocycles. The molecule has 0 N–H and O–H groups in total. The molecule has 0 spiro atoms. The van der Waals surface area contributed by atoms with E-state index in [1.807, 2.05) is 6.07 Å². The summed E-state index contributed by atoms with van der Waals surface area (Å²) in [5.74, 6) is 0. The Hall–Kier alpha value is -2.60. The van der Waals surface area contributed by atoms with Crippen LogP contribution in [0.4, 0.5) is 0 Å². The van der Waals surface area contributed by atoms with Crippen molar-refractivity contribution >= 4 is 43.1 Å². The third-order valence-corrected chi connectivity index (χ3v) is 4.29. The Kier molecular flexibility index (Phi) is 1.78. The van der Waals surface area contributed by atoms with E-state index in [1.54, 1.807) is 0 Å². The third kappa shape index (κ3) is 1.16. The molecule has 91 valence electrons. The molecule has 0 heteroatoms. The van der Waals surface area contributed by atoms with E-state index in [4.69, 9.17) is 0 Å². The van der Waals surface area contributed by atoms with E-state index in [0.29, 0.717) is 0 Å². The minimum absolute atomic E-state index is 1.20. The van der Waals surface area contributed by atoms with Crippen molar-refractivity contribution in [2.45, 2.75) is 0 Å². The molecule has 0 aromatic heterocycles. The molecule has 20 heavy (non-hydrogen) atoms. The van der Waals surface area contributed by atoms with Crippen molar-refractivity contribution in [2.75, 3.05) is 0 Å². The highest BCUT2D eigenvalue weighted by Crippen LogP contribution is 2.37. The van der Waals surface area contributed by atoms with E-state index in [2.05, 4.69) is 66.7 Å². The summed E-state index contributed by atoms with van der Waals surface area (Å²) >= 11 is 0. The molecule has 0 saturated heterocycles. The van der Waals surface area contributed by atoms with Crippen molar-refractivity contribution in [3.05, 3.63) is 72.8 Å². The van der Waals surface area contributed by atoms with Crippen molar-refractivity contribution in [2.24, 2.45) is 0 Å². The van der Waals surface area contributed by atoms with Crippen LogP contribution in [0.5, 0.6) is 0 Å². The Bertz CT molecular complexity index is 1070. The maximum atomic E-state index is 3.36. The first-order chi connectivity index (χ1) is 9.92. The smallest absolute Gasteiger partial charge is 0.00201 e. The highest BCUT2D eigenvalue weighted by molar-refractivity contribution is 6.28. The zero-order valence-electron chi connectivity index (χ0n) is 10.9. The predicted octanol–water partition coefficient (Wildman–Crippen LogP) is 5.54. The van der Waals surface area contributed by atoms with Crippen LogP contribution in [0.25, 0.3) is 43.1 Å². The van der Waals surface area contributed by atoms with Crippen LogP contribution >= 0.6 is 0 Å². The van der Waals surface area contributed by atoms with Gasteiger partial charge in [0.25, 0.3) is 0 Å². The second-order valence-electron chi connectivity index (χ2n) is 5.36. The number of rotatable bonds is 0. The first kappa shape index (κ1) is 10.2. The van der Waals surface area contributed by atoms with Crippen LogP contribution in [-0.2, 0) is 0 Å². The minimum Gasteiger partial charge on any atom is -0.0616 e. The van der Waals surface area contributed by atoms with Crippen molar-refractivity contribution in [1.82, 2.24) is 0 Å². The van der Waals surface area contributed by atoms with Gasteiger partial charge in [-0.2, -0.15) is 0 Å². The van der Waals surface area contributed by atoms with Crippen molar-refractivity contribution in [3.8, 4) is 0 Å². The molecule has 0 amide bonds. The van der Waals surface area contributed by atoms with Crippen LogP contribution in [0.15, 0.2) is 66.7 Å². The number of hydrogen-bond acceptors (Lipinski definition) is 0. The van der Waals surface area contributed by atoms with Crippen molar-refractivity contribution in [3.63, 3.8) is 0 Å². The number of fused-ring (bicyclic) bond motifs is 2. The summed E-state index contributed by atoms with van der Waals surface area (Å²) in [6.45, 7) is 0. The molecule has 5 rings (SSSR count). The van der Waals surface area contributed by atoms with Gasteiger partial charge < -0.3 is 0 Å². The van der Waals surface area contributed by atoms with E-state index < -0.39 is 0 Å².